The van der Waals surface area contributed by atoms with Gasteiger partial charge in [-0.05, 0) is 97.0 Å². The van der Waals surface area contributed by atoms with Crippen LogP contribution in [0.1, 0.15) is 84.8 Å². The zero-order chi connectivity index (χ0) is 21.0. The Morgan fingerprint density at radius 1 is 0.793 bits per heavy atom. The highest BCUT2D eigenvalue weighted by molar-refractivity contribution is 5.30. The molecule has 2 atom stereocenters. The fourth-order valence-electron chi connectivity index (χ4n) is 4.02. The van der Waals surface area contributed by atoms with Gasteiger partial charge in [-0.3, -0.25) is 15.0 Å². The van der Waals surface area contributed by atoms with Gasteiger partial charge in [0, 0.05) is 35.7 Å². The molecule has 0 N–H and O–H groups in total. The van der Waals surface area contributed by atoms with Crippen LogP contribution >= 0.6 is 0 Å². The van der Waals surface area contributed by atoms with E-state index in [1.807, 2.05) is 18.6 Å². The maximum atomic E-state index is 4.82. The summed E-state index contributed by atoms with van der Waals surface area (Å²) < 4.78 is 0. The van der Waals surface area contributed by atoms with Gasteiger partial charge in [0.2, 0.25) is 0 Å². The summed E-state index contributed by atoms with van der Waals surface area (Å²) in [6.07, 6.45) is 7.66. The molecule has 0 bridgehead atoms. The zero-order valence-electron chi connectivity index (χ0n) is 18.6. The molecule has 0 amide bonds. The van der Waals surface area contributed by atoms with Crippen LogP contribution < -0.4 is 0 Å². The van der Waals surface area contributed by atoms with Crippen LogP contribution in [0.4, 0.5) is 0 Å². The molecule has 3 aromatic rings. The molecule has 0 aliphatic heterocycles. The first-order chi connectivity index (χ1) is 13.8. The smallest absolute Gasteiger partial charge is 0.0415 e. The number of pyridine rings is 3. The molecule has 0 saturated heterocycles. The van der Waals surface area contributed by atoms with Crippen molar-refractivity contribution in [3.63, 3.8) is 0 Å². The number of aromatic nitrogens is 3. The second kappa shape index (κ2) is 9.30. The minimum atomic E-state index is 0.406. The van der Waals surface area contributed by atoms with Crippen molar-refractivity contribution < 1.29 is 0 Å². The van der Waals surface area contributed by atoms with Gasteiger partial charge in [-0.25, -0.2) is 0 Å². The standard InChI is InChI=1S/C26H33N3/c1-17(2)22-7-10-28-24(14-22)11-18(3)23-13-21(6)29-25(15-23)12-19(4)26-8-9-27-16-20(26)5/h7-10,13-19H,11-12H2,1-6H3. The SMILES string of the molecule is Cc1cc(C(C)Cc2cc(C(C)C)ccn2)cc(CC(C)c2ccncc2C)n1. The van der Waals surface area contributed by atoms with E-state index >= 15 is 0 Å². The highest BCUT2D eigenvalue weighted by atomic mass is 14.7. The third-order valence-electron chi connectivity index (χ3n) is 5.73. The fraction of sp³-hybridized carbons (Fsp3) is 0.423. The molecule has 0 fully saturated rings. The summed E-state index contributed by atoms with van der Waals surface area (Å²) in [7, 11) is 0. The van der Waals surface area contributed by atoms with Crippen LogP contribution in [0.3, 0.4) is 0 Å². The van der Waals surface area contributed by atoms with E-state index in [0.29, 0.717) is 17.8 Å². The average Bonchev–Trinajstić information content (AvgIpc) is 2.68. The Balaban J connectivity index is 1.78. The summed E-state index contributed by atoms with van der Waals surface area (Å²) in [5.74, 6) is 1.35. The number of hydrogen-bond donors (Lipinski definition) is 0. The first-order valence-electron chi connectivity index (χ1n) is 10.7. The molecule has 0 spiro atoms. The molecule has 3 nitrogen and oxygen atoms in total. The van der Waals surface area contributed by atoms with Gasteiger partial charge in [0.15, 0.2) is 0 Å². The molecule has 2 unspecified atom stereocenters. The van der Waals surface area contributed by atoms with Gasteiger partial charge in [0.25, 0.3) is 0 Å². The van der Waals surface area contributed by atoms with Crippen molar-refractivity contribution in [3.8, 4) is 0 Å². The lowest BCUT2D eigenvalue weighted by molar-refractivity contribution is 0.709. The van der Waals surface area contributed by atoms with E-state index in [9.17, 15) is 0 Å². The van der Waals surface area contributed by atoms with Crippen molar-refractivity contribution in [1.29, 1.82) is 0 Å². The largest absolute Gasteiger partial charge is 0.264 e. The van der Waals surface area contributed by atoms with Gasteiger partial charge in [0.05, 0.1) is 0 Å². The molecular formula is C26H33N3. The van der Waals surface area contributed by atoms with Crippen molar-refractivity contribution in [2.24, 2.45) is 0 Å². The van der Waals surface area contributed by atoms with E-state index in [1.54, 1.807) is 0 Å². The summed E-state index contributed by atoms with van der Waals surface area (Å²) in [6.45, 7) is 13.3. The second-order valence-electron chi connectivity index (χ2n) is 8.71. The van der Waals surface area contributed by atoms with Crippen molar-refractivity contribution in [2.75, 3.05) is 0 Å². The lowest BCUT2D eigenvalue weighted by Gasteiger charge is -2.17. The van der Waals surface area contributed by atoms with Crippen molar-refractivity contribution in [3.05, 3.63) is 88.3 Å². The maximum Gasteiger partial charge on any atom is 0.0415 e. The highest BCUT2D eigenvalue weighted by Gasteiger charge is 2.14. The van der Waals surface area contributed by atoms with Gasteiger partial charge in [-0.2, -0.15) is 0 Å². The third kappa shape index (κ3) is 5.50. The summed E-state index contributed by atoms with van der Waals surface area (Å²) in [6, 6.07) is 11.0. The van der Waals surface area contributed by atoms with Gasteiger partial charge < -0.3 is 0 Å². The summed E-state index contributed by atoms with van der Waals surface area (Å²) in [4.78, 5) is 13.7. The zero-order valence-corrected chi connectivity index (χ0v) is 18.6. The molecule has 3 rings (SSSR count). The molecule has 3 heteroatoms. The maximum absolute atomic E-state index is 4.82. The van der Waals surface area contributed by atoms with Crippen LogP contribution in [0.5, 0.6) is 0 Å². The Labute approximate surface area is 175 Å². The summed E-state index contributed by atoms with van der Waals surface area (Å²) >= 11 is 0. The summed E-state index contributed by atoms with van der Waals surface area (Å²) in [5.41, 5.74) is 8.73. The molecule has 0 aliphatic carbocycles. The van der Waals surface area contributed by atoms with Gasteiger partial charge in [-0.15, -0.1) is 0 Å². The van der Waals surface area contributed by atoms with E-state index in [-0.39, 0.29) is 0 Å². The average molecular weight is 388 g/mol. The van der Waals surface area contributed by atoms with Crippen LogP contribution in [0, 0.1) is 13.8 Å². The Hall–Kier alpha value is -2.55. The van der Waals surface area contributed by atoms with E-state index in [4.69, 9.17) is 4.98 Å². The van der Waals surface area contributed by atoms with Crippen LogP contribution in [0.2, 0.25) is 0 Å². The monoisotopic (exact) mass is 387 g/mol. The van der Waals surface area contributed by atoms with Crippen molar-refractivity contribution in [2.45, 2.75) is 72.1 Å². The summed E-state index contributed by atoms with van der Waals surface area (Å²) in [5, 5.41) is 0. The lowest BCUT2D eigenvalue weighted by Crippen LogP contribution is -2.07. The Morgan fingerprint density at radius 2 is 1.52 bits per heavy atom. The quantitative estimate of drug-likeness (QED) is 0.477. The topological polar surface area (TPSA) is 38.7 Å². The van der Waals surface area contributed by atoms with Crippen LogP contribution in [-0.2, 0) is 12.8 Å². The van der Waals surface area contributed by atoms with E-state index in [2.05, 4.69) is 81.8 Å². The van der Waals surface area contributed by atoms with Gasteiger partial charge in [-0.1, -0.05) is 27.7 Å². The van der Waals surface area contributed by atoms with Crippen LogP contribution in [-0.4, -0.2) is 15.0 Å². The van der Waals surface area contributed by atoms with Crippen LogP contribution in [0.25, 0.3) is 0 Å². The normalized spacial score (nSPS) is 13.5. The molecule has 3 heterocycles. The predicted octanol–water partition coefficient (Wildman–Crippen LogP) is 6.30. The number of aryl methyl sites for hydroxylation is 2. The Kier molecular flexibility index (Phi) is 6.79. The second-order valence-corrected chi connectivity index (χ2v) is 8.71. The fourth-order valence-corrected chi connectivity index (χ4v) is 4.02. The first-order valence-corrected chi connectivity index (χ1v) is 10.7. The highest BCUT2D eigenvalue weighted by Crippen LogP contribution is 2.26. The van der Waals surface area contributed by atoms with Crippen LogP contribution in [0.15, 0.2) is 48.9 Å². The first kappa shape index (κ1) is 21.2. The number of nitrogens with zero attached hydrogens (tertiary/aromatic N) is 3. The molecule has 0 aliphatic rings. The molecule has 0 saturated carbocycles. The number of rotatable bonds is 7. The lowest BCUT2D eigenvalue weighted by atomic mass is 9.90. The number of hydrogen-bond acceptors (Lipinski definition) is 3. The molecule has 0 radical (unpaired) electrons. The molecule has 3 aromatic heterocycles. The molecule has 0 aromatic carbocycles. The predicted molar refractivity (Wildman–Crippen MR) is 121 cm³/mol. The molecule has 29 heavy (non-hydrogen) atoms. The third-order valence-corrected chi connectivity index (χ3v) is 5.73. The Morgan fingerprint density at radius 3 is 2.24 bits per heavy atom. The van der Waals surface area contributed by atoms with E-state index in [0.717, 1.165) is 18.5 Å². The molecular weight excluding hydrogens is 354 g/mol. The van der Waals surface area contributed by atoms with Gasteiger partial charge >= 0.3 is 0 Å². The Bertz CT molecular complexity index is 962. The van der Waals surface area contributed by atoms with Crippen molar-refractivity contribution >= 4 is 0 Å². The molecule has 152 valence electrons. The van der Waals surface area contributed by atoms with E-state index < -0.39 is 0 Å². The van der Waals surface area contributed by atoms with Crippen molar-refractivity contribution in [1.82, 2.24) is 15.0 Å². The minimum Gasteiger partial charge on any atom is -0.264 e. The minimum absolute atomic E-state index is 0.406. The van der Waals surface area contributed by atoms with Gasteiger partial charge in [0.1, 0.15) is 0 Å². The van der Waals surface area contributed by atoms with E-state index in [1.165, 1.54) is 33.6 Å².